The summed E-state index contributed by atoms with van der Waals surface area (Å²) in [5.41, 5.74) is 1.05. The number of carbonyl (C=O) groups is 2. The molecule has 0 aliphatic heterocycles. The van der Waals surface area contributed by atoms with Gasteiger partial charge in [-0.15, -0.1) is 11.8 Å². The molecule has 2 amide bonds. The molecule has 4 nitrogen and oxygen atoms in total. The zero-order valence-corrected chi connectivity index (χ0v) is 14.0. The third-order valence-electron chi connectivity index (χ3n) is 3.07. The molecule has 24 heavy (non-hydrogen) atoms. The first-order valence-corrected chi connectivity index (χ1v) is 8.05. The highest BCUT2D eigenvalue weighted by atomic mass is 32.2. The summed E-state index contributed by atoms with van der Waals surface area (Å²) in [5.74, 6) is -1.82. The van der Waals surface area contributed by atoms with Crippen LogP contribution in [0, 0.1) is 11.6 Å². The molecule has 1 N–H and O–H groups in total. The second kappa shape index (κ2) is 7.92. The zero-order chi connectivity index (χ0) is 17.7. The SMILES string of the molecule is CN(C)C(=O)c1ccc(NC(=O)CSc2ccc(F)cc2F)cc1. The Hall–Kier alpha value is -2.41. The predicted molar refractivity (Wildman–Crippen MR) is 90.2 cm³/mol. The van der Waals surface area contributed by atoms with Crippen LogP contribution >= 0.6 is 11.8 Å². The lowest BCUT2D eigenvalue weighted by atomic mass is 10.2. The lowest BCUT2D eigenvalue weighted by Gasteiger charge is -2.11. The standard InChI is InChI=1S/C17H16F2N2O2S/c1-21(2)17(23)11-3-6-13(7-4-11)20-16(22)10-24-15-8-5-12(18)9-14(15)19/h3-9H,10H2,1-2H3,(H,20,22). The summed E-state index contributed by atoms with van der Waals surface area (Å²) in [6.07, 6.45) is 0. The Morgan fingerprint density at radius 3 is 2.33 bits per heavy atom. The van der Waals surface area contributed by atoms with Crippen LogP contribution in [-0.4, -0.2) is 36.6 Å². The average Bonchev–Trinajstić information content (AvgIpc) is 2.54. The molecule has 2 rings (SSSR count). The number of hydrogen-bond acceptors (Lipinski definition) is 3. The first kappa shape index (κ1) is 17.9. The molecule has 0 atom stereocenters. The normalized spacial score (nSPS) is 10.3. The number of amides is 2. The molecule has 0 fully saturated rings. The Bertz CT molecular complexity index is 749. The number of thioether (sulfide) groups is 1. The van der Waals surface area contributed by atoms with Crippen LogP contribution in [0.15, 0.2) is 47.4 Å². The fraction of sp³-hybridized carbons (Fsp3) is 0.176. The van der Waals surface area contributed by atoms with Crippen molar-refractivity contribution in [1.82, 2.24) is 4.90 Å². The van der Waals surface area contributed by atoms with E-state index in [9.17, 15) is 18.4 Å². The van der Waals surface area contributed by atoms with E-state index in [4.69, 9.17) is 0 Å². The Labute approximate surface area is 142 Å². The number of anilines is 1. The Morgan fingerprint density at radius 1 is 1.08 bits per heavy atom. The van der Waals surface area contributed by atoms with Crippen molar-refractivity contribution >= 4 is 29.3 Å². The van der Waals surface area contributed by atoms with Gasteiger partial charge in [0.2, 0.25) is 5.91 Å². The van der Waals surface area contributed by atoms with Gasteiger partial charge in [0, 0.05) is 36.3 Å². The molecule has 0 unspecified atom stereocenters. The molecule has 2 aromatic carbocycles. The maximum absolute atomic E-state index is 13.5. The first-order valence-electron chi connectivity index (χ1n) is 7.06. The number of nitrogens with zero attached hydrogens (tertiary/aromatic N) is 1. The van der Waals surface area contributed by atoms with Crippen LogP contribution in [-0.2, 0) is 4.79 Å². The molecule has 0 aliphatic rings. The van der Waals surface area contributed by atoms with E-state index in [0.717, 1.165) is 23.9 Å². The lowest BCUT2D eigenvalue weighted by Crippen LogP contribution is -2.21. The second-order valence-corrected chi connectivity index (χ2v) is 6.21. The third-order valence-corrected chi connectivity index (χ3v) is 4.12. The molecule has 126 valence electrons. The van der Waals surface area contributed by atoms with Crippen molar-refractivity contribution in [3.05, 3.63) is 59.7 Å². The second-order valence-electron chi connectivity index (χ2n) is 5.19. The minimum atomic E-state index is -0.695. The lowest BCUT2D eigenvalue weighted by molar-refractivity contribution is -0.113. The smallest absolute Gasteiger partial charge is 0.253 e. The summed E-state index contributed by atoms with van der Waals surface area (Å²) in [6, 6.07) is 9.69. The van der Waals surface area contributed by atoms with Gasteiger partial charge in [-0.1, -0.05) is 0 Å². The molecule has 7 heteroatoms. The third kappa shape index (κ3) is 4.79. The first-order chi connectivity index (χ1) is 11.4. The molecule has 2 aromatic rings. The van der Waals surface area contributed by atoms with Gasteiger partial charge < -0.3 is 10.2 Å². The van der Waals surface area contributed by atoms with Crippen molar-refractivity contribution in [2.45, 2.75) is 4.90 Å². The largest absolute Gasteiger partial charge is 0.345 e. The predicted octanol–water partition coefficient (Wildman–Crippen LogP) is 3.40. The summed E-state index contributed by atoms with van der Waals surface area (Å²) >= 11 is 0.981. The van der Waals surface area contributed by atoms with Crippen LogP contribution in [0.25, 0.3) is 0 Å². The Kier molecular flexibility index (Phi) is 5.92. The van der Waals surface area contributed by atoms with Crippen molar-refractivity contribution in [3.63, 3.8) is 0 Å². The number of rotatable bonds is 5. The van der Waals surface area contributed by atoms with Gasteiger partial charge in [0.15, 0.2) is 0 Å². The highest BCUT2D eigenvalue weighted by molar-refractivity contribution is 8.00. The van der Waals surface area contributed by atoms with Crippen molar-refractivity contribution in [2.24, 2.45) is 0 Å². The summed E-state index contributed by atoms with van der Waals surface area (Å²) in [4.78, 5) is 25.3. The van der Waals surface area contributed by atoms with Crippen LogP contribution in [0.5, 0.6) is 0 Å². The number of carbonyl (C=O) groups excluding carboxylic acids is 2. The van der Waals surface area contributed by atoms with Crippen molar-refractivity contribution in [2.75, 3.05) is 25.2 Å². The van der Waals surface area contributed by atoms with Gasteiger partial charge in [-0.25, -0.2) is 8.78 Å². The molecule has 0 aromatic heterocycles. The van der Waals surface area contributed by atoms with Gasteiger partial charge in [-0.3, -0.25) is 9.59 Å². The van der Waals surface area contributed by atoms with Gasteiger partial charge in [0.05, 0.1) is 5.75 Å². The van der Waals surface area contributed by atoms with Gasteiger partial charge in [0.25, 0.3) is 5.91 Å². The van der Waals surface area contributed by atoms with Crippen molar-refractivity contribution in [3.8, 4) is 0 Å². The highest BCUT2D eigenvalue weighted by Crippen LogP contribution is 2.22. The van der Waals surface area contributed by atoms with Crippen LogP contribution in [0.2, 0.25) is 0 Å². The Morgan fingerprint density at radius 2 is 1.75 bits per heavy atom. The van der Waals surface area contributed by atoms with Crippen LogP contribution < -0.4 is 5.32 Å². The van der Waals surface area contributed by atoms with Crippen LogP contribution in [0.3, 0.4) is 0 Å². The quantitative estimate of drug-likeness (QED) is 0.841. The molecule has 0 saturated carbocycles. The fourth-order valence-electron chi connectivity index (χ4n) is 1.89. The van der Waals surface area contributed by atoms with Crippen molar-refractivity contribution < 1.29 is 18.4 Å². The fourth-order valence-corrected chi connectivity index (χ4v) is 2.61. The van der Waals surface area contributed by atoms with Gasteiger partial charge in [0.1, 0.15) is 11.6 Å². The minimum absolute atomic E-state index is 0.0130. The minimum Gasteiger partial charge on any atom is -0.345 e. The van der Waals surface area contributed by atoms with Gasteiger partial charge in [-0.05, 0) is 36.4 Å². The summed E-state index contributed by atoms with van der Waals surface area (Å²) in [5, 5.41) is 2.66. The number of halogens is 2. The van der Waals surface area contributed by atoms with E-state index in [1.165, 1.54) is 11.0 Å². The van der Waals surface area contributed by atoms with E-state index in [1.54, 1.807) is 38.4 Å². The van der Waals surface area contributed by atoms with E-state index >= 15 is 0 Å². The summed E-state index contributed by atoms with van der Waals surface area (Å²) in [6.45, 7) is 0. The van der Waals surface area contributed by atoms with E-state index in [-0.39, 0.29) is 22.5 Å². The molecular weight excluding hydrogens is 334 g/mol. The summed E-state index contributed by atoms with van der Waals surface area (Å²) < 4.78 is 26.3. The van der Waals surface area contributed by atoms with E-state index in [1.807, 2.05) is 0 Å². The molecule has 0 aliphatic carbocycles. The molecule has 0 bridgehead atoms. The zero-order valence-electron chi connectivity index (χ0n) is 13.2. The number of nitrogens with one attached hydrogen (secondary N) is 1. The Balaban J connectivity index is 1.91. The van der Waals surface area contributed by atoms with E-state index in [2.05, 4.69) is 5.32 Å². The molecule has 0 saturated heterocycles. The number of benzene rings is 2. The highest BCUT2D eigenvalue weighted by Gasteiger charge is 2.10. The van der Waals surface area contributed by atoms with E-state index < -0.39 is 11.6 Å². The topological polar surface area (TPSA) is 49.4 Å². The maximum atomic E-state index is 13.5. The molecular formula is C17H16F2N2O2S. The molecule has 0 radical (unpaired) electrons. The van der Waals surface area contributed by atoms with Gasteiger partial charge >= 0.3 is 0 Å². The average molecular weight is 350 g/mol. The molecule has 0 spiro atoms. The maximum Gasteiger partial charge on any atom is 0.253 e. The number of hydrogen-bond donors (Lipinski definition) is 1. The molecule has 0 heterocycles. The summed E-state index contributed by atoms with van der Waals surface area (Å²) in [7, 11) is 3.31. The van der Waals surface area contributed by atoms with Crippen LogP contribution in [0.4, 0.5) is 14.5 Å². The van der Waals surface area contributed by atoms with Gasteiger partial charge in [-0.2, -0.15) is 0 Å². The monoisotopic (exact) mass is 350 g/mol. The van der Waals surface area contributed by atoms with E-state index in [0.29, 0.717) is 11.3 Å². The van der Waals surface area contributed by atoms with Crippen molar-refractivity contribution in [1.29, 1.82) is 0 Å². The van der Waals surface area contributed by atoms with Crippen LogP contribution in [0.1, 0.15) is 10.4 Å².